The molecule has 1 heterocycles. The van der Waals surface area contributed by atoms with Crippen LogP contribution in [0.15, 0.2) is 88.0 Å². The molecule has 0 saturated carbocycles. The van der Waals surface area contributed by atoms with Crippen molar-refractivity contribution in [3.8, 4) is 5.75 Å². The van der Waals surface area contributed by atoms with Gasteiger partial charge in [-0.2, -0.15) is 0 Å². The van der Waals surface area contributed by atoms with Crippen LogP contribution in [0.5, 0.6) is 5.75 Å². The standard InChI is InChI=1S/C26H21BrClN3O4/c1-15(2)35-21-9-4-3-8-20(21)30-24(32)16-6-5-7-18(14-16)29-23-22(28)25(33)31(26(23)34)19-12-10-17(27)11-13-19/h3-15,29H,1-2H3,(H,30,32). The molecule has 0 saturated heterocycles. The maximum atomic E-state index is 13.0. The number of nitrogens with zero attached hydrogens (tertiary/aromatic N) is 1. The van der Waals surface area contributed by atoms with Crippen LogP contribution in [0.1, 0.15) is 24.2 Å². The highest BCUT2D eigenvalue weighted by Gasteiger charge is 2.39. The van der Waals surface area contributed by atoms with Crippen LogP contribution in [-0.4, -0.2) is 23.8 Å². The molecule has 0 atom stereocenters. The Bertz CT molecular complexity index is 1340. The fourth-order valence-corrected chi connectivity index (χ4v) is 3.92. The Labute approximate surface area is 215 Å². The van der Waals surface area contributed by atoms with Crippen LogP contribution in [0, 0.1) is 0 Å². The van der Waals surface area contributed by atoms with Gasteiger partial charge in [-0.15, -0.1) is 0 Å². The van der Waals surface area contributed by atoms with E-state index in [0.717, 1.165) is 9.37 Å². The number of rotatable bonds is 7. The summed E-state index contributed by atoms with van der Waals surface area (Å²) < 4.78 is 6.57. The van der Waals surface area contributed by atoms with E-state index in [2.05, 4.69) is 26.6 Å². The molecule has 0 radical (unpaired) electrons. The Hall–Kier alpha value is -3.62. The van der Waals surface area contributed by atoms with E-state index in [1.807, 2.05) is 19.9 Å². The fraction of sp³-hybridized carbons (Fsp3) is 0.115. The third-order valence-electron chi connectivity index (χ3n) is 5.00. The topological polar surface area (TPSA) is 87.7 Å². The molecule has 3 aromatic carbocycles. The van der Waals surface area contributed by atoms with Gasteiger partial charge in [0.15, 0.2) is 0 Å². The quantitative estimate of drug-likeness (QED) is 0.354. The minimum Gasteiger partial charge on any atom is -0.489 e. The third-order valence-corrected chi connectivity index (χ3v) is 5.88. The van der Waals surface area contributed by atoms with E-state index in [1.54, 1.807) is 66.7 Å². The van der Waals surface area contributed by atoms with Crippen LogP contribution in [0.4, 0.5) is 17.1 Å². The number of hydrogen-bond donors (Lipinski definition) is 2. The molecule has 178 valence electrons. The molecule has 9 heteroatoms. The normalized spacial score (nSPS) is 13.5. The molecule has 3 aromatic rings. The Morgan fingerprint density at radius 3 is 2.40 bits per heavy atom. The van der Waals surface area contributed by atoms with Gasteiger partial charge in [-0.1, -0.05) is 45.7 Å². The van der Waals surface area contributed by atoms with Crippen LogP contribution in [0.25, 0.3) is 0 Å². The smallest absolute Gasteiger partial charge is 0.283 e. The molecule has 3 amide bonds. The number of imide groups is 1. The largest absolute Gasteiger partial charge is 0.489 e. The number of nitrogens with one attached hydrogen (secondary N) is 2. The van der Waals surface area contributed by atoms with E-state index in [1.165, 1.54) is 0 Å². The zero-order valence-corrected chi connectivity index (χ0v) is 21.2. The van der Waals surface area contributed by atoms with E-state index in [0.29, 0.717) is 28.4 Å². The first-order chi connectivity index (χ1) is 16.7. The number of halogens is 2. The van der Waals surface area contributed by atoms with Gasteiger partial charge in [0.05, 0.1) is 17.5 Å². The number of anilines is 3. The van der Waals surface area contributed by atoms with Crippen molar-refractivity contribution in [2.24, 2.45) is 0 Å². The first-order valence-electron chi connectivity index (χ1n) is 10.7. The van der Waals surface area contributed by atoms with Crippen molar-refractivity contribution in [1.82, 2.24) is 0 Å². The highest BCUT2D eigenvalue weighted by Crippen LogP contribution is 2.31. The Morgan fingerprint density at radius 1 is 0.971 bits per heavy atom. The van der Waals surface area contributed by atoms with Gasteiger partial charge < -0.3 is 15.4 Å². The molecular formula is C26H21BrClN3O4. The van der Waals surface area contributed by atoms with Crippen molar-refractivity contribution < 1.29 is 19.1 Å². The Morgan fingerprint density at radius 2 is 1.69 bits per heavy atom. The predicted octanol–water partition coefficient (Wildman–Crippen LogP) is 5.92. The SMILES string of the molecule is CC(C)Oc1ccccc1NC(=O)c1cccc(NC2=C(Cl)C(=O)N(c3ccc(Br)cc3)C2=O)c1. The van der Waals surface area contributed by atoms with E-state index < -0.39 is 11.8 Å². The summed E-state index contributed by atoms with van der Waals surface area (Å²) in [5, 5.41) is 5.52. The number of hydrogen-bond acceptors (Lipinski definition) is 5. The van der Waals surface area contributed by atoms with Crippen molar-refractivity contribution in [3.05, 3.63) is 93.6 Å². The summed E-state index contributed by atoms with van der Waals surface area (Å²) in [6, 6.07) is 20.4. The Balaban J connectivity index is 1.53. The second kappa shape index (κ2) is 10.3. The number of amides is 3. The van der Waals surface area contributed by atoms with Gasteiger partial charge in [0.2, 0.25) is 0 Å². The lowest BCUT2D eigenvalue weighted by Gasteiger charge is -2.16. The molecule has 0 unspecified atom stereocenters. The van der Waals surface area contributed by atoms with Gasteiger partial charge in [-0.3, -0.25) is 14.4 Å². The lowest BCUT2D eigenvalue weighted by atomic mass is 10.1. The summed E-state index contributed by atoms with van der Waals surface area (Å²) >= 11 is 9.55. The number of ether oxygens (including phenoxy) is 1. The summed E-state index contributed by atoms with van der Waals surface area (Å²) in [6.07, 6.45) is -0.0535. The molecule has 1 aliphatic rings. The molecule has 0 spiro atoms. The van der Waals surface area contributed by atoms with E-state index in [-0.39, 0.29) is 22.7 Å². The fourth-order valence-electron chi connectivity index (χ4n) is 3.44. The molecule has 2 N–H and O–H groups in total. The maximum absolute atomic E-state index is 13.0. The first-order valence-corrected chi connectivity index (χ1v) is 11.9. The van der Waals surface area contributed by atoms with E-state index >= 15 is 0 Å². The number of carbonyl (C=O) groups is 3. The number of benzene rings is 3. The summed E-state index contributed by atoms with van der Waals surface area (Å²) in [7, 11) is 0. The maximum Gasteiger partial charge on any atom is 0.283 e. The van der Waals surface area contributed by atoms with Gasteiger partial charge in [0.25, 0.3) is 17.7 Å². The minimum absolute atomic E-state index is 0.0535. The van der Waals surface area contributed by atoms with Crippen LogP contribution in [0.2, 0.25) is 0 Å². The molecular weight excluding hydrogens is 534 g/mol. The molecule has 35 heavy (non-hydrogen) atoms. The summed E-state index contributed by atoms with van der Waals surface area (Å²) in [4.78, 5) is 39.6. The van der Waals surface area contributed by atoms with Gasteiger partial charge in [-0.25, -0.2) is 4.90 Å². The highest BCUT2D eigenvalue weighted by atomic mass is 79.9. The van der Waals surface area contributed by atoms with Gasteiger partial charge in [0.1, 0.15) is 16.5 Å². The lowest BCUT2D eigenvalue weighted by Crippen LogP contribution is -2.32. The van der Waals surface area contributed by atoms with E-state index in [9.17, 15) is 14.4 Å². The first kappa shape index (κ1) is 24.5. The van der Waals surface area contributed by atoms with E-state index in [4.69, 9.17) is 16.3 Å². The predicted molar refractivity (Wildman–Crippen MR) is 140 cm³/mol. The summed E-state index contributed by atoms with van der Waals surface area (Å²) in [6.45, 7) is 3.81. The van der Waals surface area contributed by atoms with Gasteiger partial charge in [-0.05, 0) is 68.4 Å². The summed E-state index contributed by atoms with van der Waals surface area (Å²) in [5.74, 6) is -1.02. The van der Waals surface area contributed by atoms with Crippen molar-refractivity contribution in [2.75, 3.05) is 15.5 Å². The molecule has 0 bridgehead atoms. The van der Waals surface area contributed by atoms with Crippen LogP contribution in [0.3, 0.4) is 0 Å². The van der Waals surface area contributed by atoms with Crippen LogP contribution < -0.4 is 20.3 Å². The van der Waals surface area contributed by atoms with Gasteiger partial charge >= 0.3 is 0 Å². The highest BCUT2D eigenvalue weighted by molar-refractivity contribution is 9.10. The molecule has 4 rings (SSSR count). The van der Waals surface area contributed by atoms with Crippen molar-refractivity contribution in [2.45, 2.75) is 20.0 Å². The average molecular weight is 555 g/mol. The molecule has 0 aromatic heterocycles. The molecule has 0 aliphatic carbocycles. The van der Waals surface area contributed by atoms with Crippen LogP contribution >= 0.6 is 27.5 Å². The number of para-hydroxylation sites is 2. The molecule has 7 nitrogen and oxygen atoms in total. The molecule has 0 fully saturated rings. The number of carbonyl (C=O) groups excluding carboxylic acids is 3. The molecule has 1 aliphatic heterocycles. The van der Waals surface area contributed by atoms with Crippen molar-refractivity contribution in [1.29, 1.82) is 0 Å². The third kappa shape index (κ3) is 5.39. The van der Waals surface area contributed by atoms with Crippen LogP contribution in [-0.2, 0) is 9.59 Å². The monoisotopic (exact) mass is 553 g/mol. The summed E-state index contributed by atoms with van der Waals surface area (Å²) in [5.41, 5.74) is 1.64. The zero-order valence-electron chi connectivity index (χ0n) is 18.8. The van der Waals surface area contributed by atoms with Crippen molar-refractivity contribution >= 4 is 62.3 Å². The minimum atomic E-state index is -0.628. The second-order valence-corrected chi connectivity index (χ2v) is 9.23. The second-order valence-electron chi connectivity index (χ2n) is 7.93. The zero-order chi connectivity index (χ0) is 25.1. The Kier molecular flexibility index (Phi) is 7.23. The van der Waals surface area contributed by atoms with Gasteiger partial charge in [0, 0.05) is 15.7 Å². The van der Waals surface area contributed by atoms with Crippen molar-refractivity contribution in [3.63, 3.8) is 0 Å². The average Bonchev–Trinajstić information content (AvgIpc) is 3.04. The lowest BCUT2D eigenvalue weighted by molar-refractivity contribution is -0.120.